The average molecular weight is 241 g/mol. The van der Waals surface area contributed by atoms with Gasteiger partial charge in [-0.1, -0.05) is 26.1 Å². The molecule has 0 aliphatic carbocycles. The van der Waals surface area contributed by atoms with Gasteiger partial charge in [0.05, 0.1) is 0 Å². The van der Waals surface area contributed by atoms with Crippen molar-refractivity contribution >= 4 is 29.2 Å². The number of thiol groups is 1. The van der Waals surface area contributed by atoms with Crippen LogP contribution in [-0.2, 0) is 17.1 Å². The third-order valence-corrected chi connectivity index (χ3v) is 1.80. The van der Waals surface area contributed by atoms with Crippen molar-refractivity contribution in [2.24, 2.45) is 0 Å². The maximum atomic E-state index is 4.94. The SMILES string of the molecule is CCCN(CCC)C(=S)S.[Cu]. The van der Waals surface area contributed by atoms with Crippen LogP contribution >= 0.6 is 24.8 Å². The average Bonchev–Trinajstić information content (AvgIpc) is 1.87. The summed E-state index contributed by atoms with van der Waals surface area (Å²) in [6, 6.07) is 0. The summed E-state index contributed by atoms with van der Waals surface area (Å²) in [7, 11) is 0. The Morgan fingerprint density at radius 3 is 1.82 bits per heavy atom. The minimum Gasteiger partial charge on any atom is -0.358 e. The summed E-state index contributed by atoms with van der Waals surface area (Å²) in [6.45, 7) is 6.37. The Hall–Kier alpha value is 0.759. The van der Waals surface area contributed by atoms with Crippen molar-refractivity contribution in [3.63, 3.8) is 0 Å². The van der Waals surface area contributed by atoms with Crippen molar-refractivity contribution in [3.05, 3.63) is 0 Å². The Balaban J connectivity index is 0. The zero-order valence-electron chi connectivity index (χ0n) is 6.93. The van der Waals surface area contributed by atoms with E-state index in [2.05, 4.69) is 31.4 Å². The fourth-order valence-electron chi connectivity index (χ4n) is 0.843. The third kappa shape index (κ3) is 7.13. The van der Waals surface area contributed by atoms with E-state index in [9.17, 15) is 0 Å². The second kappa shape index (κ2) is 8.85. The zero-order valence-corrected chi connectivity index (χ0v) is 9.59. The predicted molar refractivity (Wildman–Crippen MR) is 53.7 cm³/mol. The van der Waals surface area contributed by atoms with E-state index in [1.165, 1.54) is 0 Å². The smallest absolute Gasteiger partial charge is 0.133 e. The van der Waals surface area contributed by atoms with Crippen molar-refractivity contribution < 1.29 is 17.1 Å². The van der Waals surface area contributed by atoms with Crippen molar-refractivity contribution in [1.29, 1.82) is 0 Å². The zero-order chi connectivity index (χ0) is 7.98. The molecule has 0 aromatic heterocycles. The van der Waals surface area contributed by atoms with E-state index in [0.29, 0.717) is 0 Å². The van der Waals surface area contributed by atoms with Crippen LogP contribution in [0.4, 0.5) is 0 Å². The molecule has 0 aromatic rings. The van der Waals surface area contributed by atoms with Gasteiger partial charge in [0.1, 0.15) is 4.32 Å². The normalized spacial score (nSPS) is 8.64. The standard InChI is InChI=1S/C7H15NS2.Cu/c1-3-5-8(6-4-2)7(9)10;/h3-6H2,1-2H3,(H,9,10);. The van der Waals surface area contributed by atoms with Crippen LogP contribution in [0, 0.1) is 0 Å². The molecule has 0 N–H and O–H groups in total. The molecule has 0 saturated heterocycles. The first-order valence-electron chi connectivity index (χ1n) is 3.70. The second-order valence-corrected chi connectivity index (χ2v) is 3.38. The molecule has 0 fully saturated rings. The molecule has 0 aromatic carbocycles. The van der Waals surface area contributed by atoms with Crippen molar-refractivity contribution in [1.82, 2.24) is 4.90 Å². The quantitative estimate of drug-likeness (QED) is 0.457. The maximum Gasteiger partial charge on any atom is 0.133 e. The first-order valence-corrected chi connectivity index (χ1v) is 4.55. The van der Waals surface area contributed by atoms with Crippen molar-refractivity contribution in [3.8, 4) is 0 Å². The summed E-state index contributed by atoms with van der Waals surface area (Å²) in [5.74, 6) is 0. The molecule has 0 amide bonds. The van der Waals surface area contributed by atoms with Gasteiger partial charge >= 0.3 is 0 Å². The van der Waals surface area contributed by atoms with Crippen LogP contribution in [0.25, 0.3) is 0 Å². The van der Waals surface area contributed by atoms with E-state index in [-0.39, 0.29) is 17.1 Å². The number of hydrogen-bond donors (Lipinski definition) is 1. The molecule has 1 nitrogen and oxygen atoms in total. The van der Waals surface area contributed by atoms with Crippen LogP contribution < -0.4 is 0 Å². The van der Waals surface area contributed by atoms with E-state index in [0.717, 1.165) is 30.3 Å². The van der Waals surface area contributed by atoms with Gasteiger partial charge in [-0.05, 0) is 12.8 Å². The van der Waals surface area contributed by atoms with E-state index in [4.69, 9.17) is 12.2 Å². The summed E-state index contributed by atoms with van der Waals surface area (Å²) in [6.07, 6.45) is 2.28. The number of hydrogen-bond acceptors (Lipinski definition) is 1. The van der Waals surface area contributed by atoms with Gasteiger partial charge in [-0.2, -0.15) is 0 Å². The molecule has 0 rings (SSSR count). The van der Waals surface area contributed by atoms with Crippen LogP contribution in [0.2, 0.25) is 0 Å². The molecule has 0 spiro atoms. The Bertz CT molecular complexity index is 103. The van der Waals surface area contributed by atoms with Gasteiger partial charge in [-0.25, -0.2) is 0 Å². The van der Waals surface area contributed by atoms with Gasteiger partial charge in [-0.15, -0.1) is 12.6 Å². The van der Waals surface area contributed by atoms with Crippen LogP contribution in [-0.4, -0.2) is 22.3 Å². The van der Waals surface area contributed by atoms with Crippen LogP contribution in [0.3, 0.4) is 0 Å². The van der Waals surface area contributed by atoms with Gasteiger partial charge < -0.3 is 4.90 Å². The number of thiocarbonyl (C=S) groups is 1. The molecule has 0 aliphatic heterocycles. The van der Waals surface area contributed by atoms with E-state index >= 15 is 0 Å². The Labute approximate surface area is 90.8 Å². The third-order valence-electron chi connectivity index (χ3n) is 1.26. The molecule has 1 radical (unpaired) electrons. The maximum absolute atomic E-state index is 4.94. The molecule has 0 heterocycles. The topological polar surface area (TPSA) is 3.24 Å². The molecule has 0 aliphatic rings. The predicted octanol–water partition coefficient (Wildman–Crippen LogP) is 2.32. The first kappa shape index (κ1) is 14.3. The van der Waals surface area contributed by atoms with E-state index in [1.807, 2.05) is 0 Å². The molecule has 4 heteroatoms. The largest absolute Gasteiger partial charge is 0.358 e. The molecule has 11 heavy (non-hydrogen) atoms. The molecule has 0 bridgehead atoms. The molecule has 71 valence electrons. The van der Waals surface area contributed by atoms with Gasteiger partial charge in [0.15, 0.2) is 0 Å². The summed E-state index contributed by atoms with van der Waals surface area (Å²) in [4.78, 5) is 2.12. The summed E-state index contributed by atoms with van der Waals surface area (Å²) < 4.78 is 0.726. The van der Waals surface area contributed by atoms with Gasteiger partial charge in [0.25, 0.3) is 0 Å². The molecule has 0 atom stereocenters. The minimum absolute atomic E-state index is 0. The van der Waals surface area contributed by atoms with Crippen molar-refractivity contribution in [2.75, 3.05) is 13.1 Å². The Morgan fingerprint density at radius 2 is 1.64 bits per heavy atom. The Kier molecular flexibility index (Phi) is 11.5. The molecular weight excluding hydrogens is 226 g/mol. The summed E-state index contributed by atoms with van der Waals surface area (Å²) >= 11 is 9.06. The van der Waals surface area contributed by atoms with E-state index < -0.39 is 0 Å². The van der Waals surface area contributed by atoms with Crippen LogP contribution in [0.15, 0.2) is 0 Å². The van der Waals surface area contributed by atoms with Gasteiger partial charge in [0, 0.05) is 30.2 Å². The number of nitrogens with zero attached hydrogens (tertiary/aromatic N) is 1. The van der Waals surface area contributed by atoms with Gasteiger partial charge in [-0.3, -0.25) is 0 Å². The van der Waals surface area contributed by atoms with Crippen molar-refractivity contribution in [2.45, 2.75) is 26.7 Å². The Morgan fingerprint density at radius 1 is 1.27 bits per heavy atom. The fourth-order valence-corrected chi connectivity index (χ4v) is 1.23. The summed E-state index contributed by atoms with van der Waals surface area (Å²) in [5.41, 5.74) is 0. The monoisotopic (exact) mass is 240 g/mol. The van der Waals surface area contributed by atoms with Crippen LogP contribution in [0.1, 0.15) is 26.7 Å². The fraction of sp³-hybridized carbons (Fsp3) is 0.857. The number of rotatable bonds is 4. The van der Waals surface area contributed by atoms with Crippen LogP contribution in [0.5, 0.6) is 0 Å². The minimum atomic E-state index is 0. The first-order chi connectivity index (χ1) is 4.72. The molecular formula is C7H15CuNS2. The van der Waals surface area contributed by atoms with Gasteiger partial charge in [0.2, 0.25) is 0 Å². The van der Waals surface area contributed by atoms with E-state index in [1.54, 1.807) is 0 Å². The summed E-state index contributed by atoms with van der Waals surface area (Å²) in [5, 5.41) is 0. The molecule has 0 unspecified atom stereocenters. The molecule has 0 saturated carbocycles. The second-order valence-electron chi connectivity index (χ2n) is 2.27.